The molecular weight excluding hydrogens is 265 g/mol. The van der Waals surface area contributed by atoms with Crippen LogP contribution in [0.5, 0.6) is 5.75 Å². The van der Waals surface area contributed by atoms with E-state index in [-0.39, 0.29) is 11.9 Å². The first-order chi connectivity index (χ1) is 9.19. The standard InChI is InChI=1S/C15H13ClFNO/c16-10-5-9-6-11(8-18)19-15(9)13(7-10)12-3-1-2-4-14(12)17/h1-5,7,11H,6,8,18H2. The summed E-state index contributed by atoms with van der Waals surface area (Å²) in [5, 5.41) is 0.582. The van der Waals surface area contributed by atoms with Gasteiger partial charge in [0, 0.05) is 29.1 Å². The largest absolute Gasteiger partial charge is 0.488 e. The molecule has 98 valence electrons. The first-order valence-corrected chi connectivity index (χ1v) is 6.51. The highest BCUT2D eigenvalue weighted by molar-refractivity contribution is 6.31. The minimum absolute atomic E-state index is 0.0565. The summed E-state index contributed by atoms with van der Waals surface area (Å²) in [6.45, 7) is 0.434. The van der Waals surface area contributed by atoms with Crippen LogP contribution in [0.4, 0.5) is 4.39 Å². The van der Waals surface area contributed by atoms with Gasteiger partial charge < -0.3 is 10.5 Å². The maximum absolute atomic E-state index is 13.9. The molecule has 1 aliphatic heterocycles. The number of ether oxygens (including phenoxy) is 1. The first-order valence-electron chi connectivity index (χ1n) is 6.13. The molecule has 1 aliphatic rings. The van der Waals surface area contributed by atoms with E-state index < -0.39 is 0 Å². The number of halogens is 2. The van der Waals surface area contributed by atoms with Crippen molar-refractivity contribution in [2.45, 2.75) is 12.5 Å². The molecule has 2 N–H and O–H groups in total. The van der Waals surface area contributed by atoms with Crippen molar-refractivity contribution in [3.05, 3.63) is 52.8 Å². The summed E-state index contributed by atoms with van der Waals surface area (Å²) in [7, 11) is 0. The molecule has 0 spiro atoms. The fourth-order valence-corrected chi connectivity index (χ4v) is 2.65. The number of rotatable bonds is 2. The molecule has 2 aromatic rings. The van der Waals surface area contributed by atoms with Gasteiger partial charge in [0.25, 0.3) is 0 Å². The third-order valence-electron chi connectivity index (χ3n) is 3.29. The number of hydrogen-bond acceptors (Lipinski definition) is 2. The van der Waals surface area contributed by atoms with Crippen molar-refractivity contribution in [1.29, 1.82) is 0 Å². The highest BCUT2D eigenvalue weighted by atomic mass is 35.5. The molecule has 1 atom stereocenters. The van der Waals surface area contributed by atoms with E-state index in [4.69, 9.17) is 22.1 Å². The normalized spacial score (nSPS) is 17.1. The van der Waals surface area contributed by atoms with Gasteiger partial charge in [0.1, 0.15) is 17.7 Å². The maximum atomic E-state index is 13.9. The molecule has 0 fully saturated rings. The predicted molar refractivity (Wildman–Crippen MR) is 74.0 cm³/mol. The van der Waals surface area contributed by atoms with E-state index in [1.54, 1.807) is 24.3 Å². The lowest BCUT2D eigenvalue weighted by Crippen LogP contribution is -2.24. The lowest BCUT2D eigenvalue weighted by Gasteiger charge is -2.12. The molecule has 2 nitrogen and oxygen atoms in total. The van der Waals surface area contributed by atoms with Crippen molar-refractivity contribution in [3.8, 4) is 16.9 Å². The third-order valence-corrected chi connectivity index (χ3v) is 3.51. The Morgan fingerprint density at radius 1 is 1.26 bits per heavy atom. The fraction of sp³-hybridized carbons (Fsp3) is 0.200. The SMILES string of the molecule is NCC1Cc2cc(Cl)cc(-c3ccccc3F)c2O1. The molecule has 2 aromatic carbocycles. The zero-order valence-corrected chi connectivity index (χ0v) is 11.0. The first kappa shape index (κ1) is 12.5. The predicted octanol–water partition coefficient (Wildman–Crippen LogP) is 3.41. The van der Waals surface area contributed by atoms with Crippen LogP contribution in [-0.4, -0.2) is 12.6 Å². The number of benzene rings is 2. The Labute approximate surface area is 115 Å². The van der Waals surface area contributed by atoms with Gasteiger partial charge in [-0.05, 0) is 23.8 Å². The molecule has 1 heterocycles. The summed E-state index contributed by atoms with van der Waals surface area (Å²) in [6, 6.07) is 10.2. The average molecular weight is 278 g/mol. The minimum atomic E-state index is -0.285. The van der Waals surface area contributed by atoms with Gasteiger partial charge >= 0.3 is 0 Å². The summed E-state index contributed by atoms with van der Waals surface area (Å²) < 4.78 is 19.7. The Morgan fingerprint density at radius 3 is 2.79 bits per heavy atom. The second-order valence-electron chi connectivity index (χ2n) is 4.60. The molecule has 4 heteroatoms. The Balaban J connectivity index is 2.16. The van der Waals surface area contributed by atoms with Crippen molar-refractivity contribution in [2.24, 2.45) is 5.73 Å². The van der Waals surface area contributed by atoms with Crippen LogP contribution < -0.4 is 10.5 Å². The van der Waals surface area contributed by atoms with Crippen molar-refractivity contribution < 1.29 is 9.13 Å². The molecule has 0 saturated carbocycles. The lowest BCUT2D eigenvalue weighted by atomic mass is 10.00. The van der Waals surface area contributed by atoms with E-state index in [0.29, 0.717) is 34.9 Å². The van der Waals surface area contributed by atoms with Crippen LogP contribution in [0.25, 0.3) is 11.1 Å². The van der Waals surface area contributed by atoms with Crippen LogP contribution in [0.1, 0.15) is 5.56 Å². The second-order valence-corrected chi connectivity index (χ2v) is 5.04. The van der Waals surface area contributed by atoms with Gasteiger partial charge in [0.15, 0.2) is 0 Å². The molecule has 19 heavy (non-hydrogen) atoms. The van der Waals surface area contributed by atoms with E-state index in [0.717, 1.165) is 5.56 Å². The number of nitrogens with two attached hydrogens (primary N) is 1. The molecule has 0 radical (unpaired) electrons. The zero-order valence-electron chi connectivity index (χ0n) is 10.2. The van der Waals surface area contributed by atoms with Crippen LogP contribution in [0.2, 0.25) is 5.02 Å². The van der Waals surface area contributed by atoms with Gasteiger partial charge in [0.2, 0.25) is 0 Å². The molecule has 0 bridgehead atoms. The minimum Gasteiger partial charge on any atom is -0.488 e. The van der Waals surface area contributed by atoms with E-state index in [1.165, 1.54) is 6.07 Å². The van der Waals surface area contributed by atoms with Crippen LogP contribution in [-0.2, 0) is 6.42 Å². The molecule has 0 aromatic heterocycles. The van der Waals surface area contributed by atoms with E-state index in [1.807, 2.05) is 6.07 Å². The Kier molecular flexibility index (Phi) is 3.17. The van der Waals surface area contributed by atoms with Gasteiger partial charge in [-0.1, -0.05) is 29.8 Å². The van der Waals surface area contributed by atoms with Gasteiger partial charge in [-0.2, -0.15) is 0 Å². The Morgan fingerprint density at radius 2 is 2.05 bits per heavy atom. The van der Waals surface area contributed by atoms with E-state index >= 15 is 0 Å². The van der Waals surface area contributed by atoms with Gasteiger partial charge in [-0.15, -0.1) is 0 Å². The lowest BCUT2D eigenvalue weighted by molar-refractivity contribution is 0.242. The molecule has 3 rings (SSSR count). The number of hydrogen-bond donors (Lipinski definition) is 1. The third kappa shape index (κ3) is 2.20. The Bertz CT molecular complexity index is 630. The van der Waals surface area contributed by atoms with Crippen molar-refractivity contribution in [2.75, 3.05) is 6.54 Å². The monoisotopic (exact) mass is 277 g/mol. The van der Waals surface area contributed by atoms with Crippen molar-refractivity contribution >= 4 is 11.6 Å². The fourth-order valence-electron chi connectivity index (χ4n) is 2.41. The number of fused-ring (bicyclic) bond motifs is 1. The van der Waals surface area contributed by atoms with E-state index in [9.17, 15) is 4.39 Å². The van der Waals surface area contributed by atoms with E-state index in [2.05, 4.69) is 0 Å². The summed E-state index contributed by atoms with van der Waals surface area (Å²) in [4.78, 5) is 0. The summed E-state index contributed by atoms with van der Waals surface area (Å²) in [6.07, 6.45) is 0.660. The molecule has 0 amide bonds. The quantitative estimate of drug-likeness (QED) is 0.913. The van der Waals surface area contributed by atoms with Crippen molar-refractivity contribution in [3.63, 3.8) is 0 Å². The van der Waals surface area contributed by atoms with Crippen molar-refractivity contribution in [1.82, 2.24) is 0 Å². The zero-order chi connectivity index (χ0) is 13.4. The molecule has 0 saturated heterocycles. The van der Waals surface area contributed by atoms with Gasteiger partial charge in [-0.3, -0.25) is 0 Å². The van der Waals surface area contributed by atoms with Crippen LogP contribution in [0.15, 0.2) is 36.4 Å². The maximum Gasteiger partial charge on any atom is 0.131 e. The summed E-state index contributed by atoms with van der Waals surface area (Å²) in [5.41, 5.74) is 7.82. The molecule has 1 unspecified atom stereocenters. The topological polar surface area (TPSA) is 35.2 Å². The second kappa shape index (κ2) is 4.83. The summed E-state index contributed by atoms with van der Waals surface area (Å²) in [5.74, 6) is 0.414. The van der Waals surface area contributed by atoms with Crippen LogP contribution in [0, 0.1) is 5.82 Å². The summed E-state index contributed by atoms with van der Waals surface area (Å²) >= 11 is 6.11. The van der Waals surface area contributed by atoms with Gasteiger partial charge in [-0.25, -0.2) is 4.39 Å². The van der Waals surface area contributed by atoms with Gasteiger partial charge in [0.05, 0.1) is 0 Å². The average Bonchev–Trinajstić information content (AvgIpc) is 2.81. The Hall–Kier alpha value is -1.58. The highest BCUT2D eigenvalue weighted by Crippen LogP contribution is 2.41. The smallest absolute Gasteiger partial charge is 0.131 e. The van der Waals surface area contributed by atoms with Crippen LogP contribution in [0.3, 0.4) is 0 Å². The highest BCUT2D eigenvalue weighted by Gasteiger charge is 2.26. The molecular formula is C15H13ClFNO. The van der Waals surface area contributed by atoms with Crippen LogP contribution >= 0.6 is 11.6 Å². The molecule has 0 aliphatic carbocycles.